The van der Waals surface area contributed by atoms with Crippen LogP contribution in [0.5, 0.6) is 11.5 Å². The lowest BCUT2D eigenvalue weighted by atomic mass is 9.81. The van der Waals surface area contributed by atoms with Crippen molar-refractivity contribution in [3.63, 3.8) is 0 Å². The van der Waals surface area contributed by atoms with Crippen molar-refractivity contribution in [1.29, 1.82) is 0 Å². The number of aromatic nitrogens is 2. The average Bonchev–Trinajstić information content (AvgIpc) is 3.50. The molecule has 2 aliphatic rings. The number of allylic oxidation sites excluding steroid dienone is 2. The van der Waals surface area contributed by atoms with Crippen molar-refractivity contribution in [3.05, 3.63) is 72.4 Å². The molecular weight excluding hydrogens is 444 g/mol. The maximum absolute atomic E-state index is 13.3. The molecule has 2 heterocycles. The minimum Gasteiger partial charge on any atom is -0.454 e. The number of rotatable bonds is 6. The number of nitrogens with one attached hydrogen (secondary N) is 1. The Bertz CT molecular complexity index is 1270. The quantitative estimate of drug-likeness (QED) is 0.548. The molecule has 180 valence electrons. The Balaban J connectivity index is 1.29. The van der Waals surface area contributed by atoms with Gasteiger partial charge in [-0.15, -0.1) is 0 Å². The molecule has 2 amide bonds. The molecule has 0 spiro atoms. The maximum Gasteiger partial charge on any atom is 0.231 e. The van der Waals surface area contributed by atoms with Crippen molar-refractivity contribution in [1.82, 2.24) is 14.5 Å². The SMILES string of the molecule is CN(Cc1ccccc1)C(=O)[C@@H]1CC=CC[C@@H]1C(=O)Nc1ncc(-c2ccc3c(c2)OCO3)n1C. The van der Waals surface area contributed by atoms with E-state index < -0.39 is 11.8 Å². The van der Waals surface area contributed by atoms with Crippen molar-refractivity contribution in [2.75, 3.05) is 19.2 Å². The van der Waals surface area contributed by atoms with Crippen molar-refractivity contribution in [3.8, 4) is 22.8 Å². The summed E-state index contributed by atoms with van der Waals surface area (Å²) in [4.78, 5) is 32.7. The molecule has 8 nitrogen and oxygen atoms in total. The lowest BCUT2D eigenvalue weighted by Gasteiger charge is -2.30. The first kappa shape index (κ1) is 22.7. The molecule has 2 aromatic carbocycles. The smallest absolute Gasteiger partial charge is 0.231 e. The minimum absolute atomic E-state index is 0.0285. The average molecular weight is 473 g/mol. The summed E-state index contributed by atoms with van der Waals surface area (Å²) in [6.07, 6.45) is 6.73. The van der Waals surface area contributed by atoms with Crippen molar-refractivity contribution in [2.24, 2.45) is 18.9 Å². The van der Waals surface area contributed by atoms with Crippen molar-refractivity contribution >= 4 is 17.8 Å². The lowest BCUT2D eigenvalue weighted by molar-refractivity contribution is -0.140. The summed E-state index contributed by atoms with van der Waals surface area (Å²) < 4.78 is 12.7. The number of carbonyl (C=O) groups is 2. The number of imidazole rings is 1. The Morgan fingerprint density at radius 3 is 2.60 bits per heavy atom. The molecule has 0 saturated heterocycles. The van der Waals surface area contributed by atoms with Crippen LogP contribution in [0.1, 0.15) is 18.4 Å². The normalized spacial score (nSPS) is 18.3. The van der Waals surface area contributed by atoms with Crippen LogP contribution in [0, 0.1) is 11.8 Å². The molecule has 1 aliphatic heterocycles. The van der Waals surface area contributed by atoms with Gasteiger partial charge >= 0.3 is 0 Å². The molecule has 3 aromatic rings. The minimum atomic E-state index is -0.462. The molecule has 8 heteroatoms. The number of benzene rings is 2. The van der Waals surface area contributed by atoms with Gasteiger partial charge in [0.15, 0.2) is 11.5 Å². The summed E-state index contributed by atoms with van der Waals surface area (Å²) in [6, 6.07) is 15.5. The highest BCUT2D eigenvalue weighted by Gasteiger charge is 2.36. The predicted octanol–water partition coefficient (Wildman–Crippen LogP) is 4.00. The fraction of sp³-hybridized carbons (Fsp3) is 0.296. The van der Waals surface area contributed by atoms with Crippen molar-refractivity contribution < 1.29 is 19.1 Å². The number of anilines is 1. The van der Waals surface area contributed by atoms with Crippen LogP contribution in [0.4, 0.5) is 5.95 Å². The number of hydrogen-bond acceptors (Lipinski definition) is 5. The zero-order chi connectivity index (χ0) is 24.4. The second-order valence-corrected chi connectivity index (χ2v) is 8.92. The van der Waals surface area contributed by atoms with Gasteiger partial charge in [0.2, 0.25) is 24.6 Å². The molecule has 35 heavy (non-hydrogen) atoms. The molecule has 0 bridgehead atoms. The predicted molar refractivity (Wildman–Crippen MR) is 132 cm³/mol. The number of amides is 2. The standard InChI is InChI=1S/C27H28N4O4/c1-30(16-18-8-4-3-5-9-18)26(33)21-11-7-6-10-20(21)25(32)29-27-28-15-22(31(27)2)19-12-13-23-24(14-19)35-17-34-23/h3-9,12-15,20-21H,10-11,16-17H2,1-2H3,(H,28,29,32)/t20-,21+/m0/s1. The largest absolute Gasteiger partial charge is 0.454 e. The first-order valence-corrected chi connectivity index (χ1v) is 11.7. The third-order valence-corrected chi connectivity index (χ3v) is 6.62. The Labute approximate surface area is 204 Å². The molecule has 0 saturated carbocycles. The Morgan fingerprint density at radius 2 is 1.80 bits per heavy atom. The molecule has 1 aliphatic carbocycles. The highest BCUT2D eigenvalue weighted by molar-refractivity contribution is 5.95. The van der Waals surface area contributed by atoms with E-state index in [4.69, 9.17) is 9.47 Å². The van der Waals surface area contributed by atoms with Gasteiger partial charge in [0.25, 0.3) is 0 Å². The zero-order valence-corrected chi connectivity index (χ0v) is 19.8. The Hall–Kier alpha value is -4.07. The zero-order valence-electron chi connectivity index (χ0n) is 19.8. The van der Waals surface area contributed by atoms with Gasteiger partial charge in [-0.2, -0.15) is 0 Å². The third-order valence-electron chi connectivity index (χ3n) is 6.62. The van der Waals surface area contributed by atoms with Crippen LogP contribution in [0.2, 0.25) is 0 Å². The molecule has 1 N–H and O–H groups in total. The first-order chi connectivity index (χ1) is 17.0. The fourth-order valence-corrected chi connectivity index (χ4v) is 4.65. The van der Waals surface area contributed by atoms with E-state index in [-0.39, 0.29) is 18.6 Å². The summed E-state index contributed by atoms with van der Waals surface area (Å²) in [7, 11) is 3.64. The van der Waals surface area contributed by atoms with Gasteiger partial charge in [0, 0.05) is 26.2 Å². The van der Waals surface area contributed by atoms with Crippen LogP contribution in [0.25, 0.3) is 11.3 Å². The molecule has 5 rings (SSSR count). The van der Waals surface area contributed by atoms with Gasteiger partial charge in [-0.25, -0.2) is 4.98 Å². The van der Waals surface area contributed by atoms with E-state index in [1.165, 1.54) is 0 Å². The first-order valence-electron chi connectivity index (χ1n) is 11.7. The lowest BCUT2D eigenvalue weighted by Crippen LogP contribution is -2.41. The number of fused-ring (bicyclic) bond motifs is 1. The number of ether oxygens (including phenoxy) is 2. The summed E-state index contributed by atoms with van der Waals surface area (Å²) in [5, 5.41) is 2.95. The second-order valence-electron chi connectivity index (χ2n) is 8.92. The third kappa shape index (κ3) is 4.64. The summed E-state index contributed by atoms with van der Waals surface area (Å²) in [5.41, 5.74) is 2.79. The van der Waals surface area contributed by atoms with Crippen LogP contribution >= 0.6 is 0 Å². The molecule has 2 atom stereocenters. The Kier molecular flexibility index (Phi) is 6.27. The molecule has 0 unspecified atom stereocenters. The highest BCUT2D eigenvalue weighted by atomic mass is 16.7. The molecule has 0 radical (unpaired) electrons. The van der Waals surface area contributed by atoms with Crippen molar-refractivity contribution in [2.45, 2.75) is 19.4 Å². The van der Waals surface area contributed by atoms with Gasteiger partial charge in [-0.1, -0.05) is 42.5 Å². The summed E-state index contributed by atoms with van der Waals surface area (Å²) in [5.74, 6) is 0.720. The molecule has 1 aromatic heterocycles. The van der Waals surface area contributed by atoms with Gasteiger partial charge < -0.3 is 18.9 Å². The van der Waals surface area contributed by atoms with E-state index in [0.29, 0.717) is 36.8 Å². The van der Waals surface area contributed by atoms with Gasteiger partial charge in [-0.05, 0) is 36.6 Å². The fourth-order valence-electron chi connectivity index (χ4n) is 4.65. The van der Waals surface area contributed by atoms with Gasteiger partial charge in [-0.3, -0.25) is 14.9 Å². The van der Waals surface area contributed by atoms with Crippen LogP contribution in [-0.4, -0.2) is 40.1 Å². The van der Waals surface area contributed by atoms with E-state index in [9.17, 15) is 9.59 Å². The van der Waals surface area contributed by atoms with E-state index in [1.54, 1.807) is 18.1 Å². The summed E-state index contributed by atoms with van der Waals surface area (Å²) >= 11 is 0. The van der Waals surface area contributed by atoms with Crippen LogP contribution < -0.4 is 14.8 Å². The number of nitrogens with zero attached hydrogens (tertiary/aromatic N) is 3. The van der Waals surface area contributed by atoms with E-state index in [0.717, 1.165) is 16.8 Å². The maximum atomic E-state index is 13.3. The van der Waals surface area contributed by atoms with Crippen LogP contribution in [0.15, 0.2) is 66.9 Å². The Morgan fingerprint density at radius 1 is 1.06 bits per heavy atom. The van der Waals surface area contributed by atoms with E-state index in [2.05, 4.69) is 10.3 Å². The van der Waals surface area contributed by atoms with Crippen LogP contribution in [0.3, 0.4) is 0 Å². The summed E-state index contributed by atoms with van der Waals surface area (Å²) in [6.45, 7) is 0.716. The highest BCUT2D eigenvalue weighted by Crippen LogP contribution is 2.36. The van der Waals surface area contributed by atoms with E-state index in [1.807, 2.05) is 72.3 Å². The number of hydrogen-bond donors (Lipinski definition) is 1. The molecule has 0 fully saturated rings. The topological polar surface area (TPSA) is 85.7 Å². The monoisotopic (exact) mass is 472 g/mol. The van der Waals surface area contributed by atoms with Gasteiger partial charge in [0.05, 0.1) is 23.7 Å². The van der Waals surface area contributed by atoms with E-state index >= 15 is 0 Å². The molecular formula is C27H28N4O4. The number of carbonyl (C=O) groups excluding carboxylic acids is 2. The second kappa shape index (κ2) is 9.66. The van der Waals surface area contributed by atoms with Crippen LogP contribution in [-0.2, 0) is 23.2 Å². The van der Waals surface area contributed by atoms with Gasteiger partial charge in [0.1, 0.15) is 0 Å².